The van der Waals surface area contributed by atoms with Crippen LogP contribution in [0.3, 0.4) is 0 Å². The van der Waals surface area contributed by atoms with Crippen molar-refractivity contribution in [1.82, 2.24) is 9.78 Å². The predicted molar refractivity (Wildman–Crippen MR) is 93.1 cm³/mol. The zero-order chi connectivity index (χ0) is 18.0. The maximum absolute atomic E-state index is 12.5. The van der Waals surface area contributed by atoms with Gasteiger partial charge in [0, 0.05) is 0 Å². The first kappa shape index (κ1) is 16.8. The first-order valence-electron chi connectivity index (χ1n) is 7.28. The van der Waals surface area contributed by atoms with Crippen molar-refractivity contribution >= 4 is 21.4 Å². The molecule has 0 atom stereocenters. The first-order chi connectivity index (χ1) is 11.9. The Balaban J connectivity index is 1.98. The number of hydrogen-bond donors (Lipinski definition) is 2. The van der Waals surface area contributed by atoms with Gasteiger partial charge in [-0.1, -0.05) is 24.3 Å². The third kappa shape index (κ3) is 3.57. The summed E-state index contributed by atoms with van der Waals surface area (Å²) in [4.78, 5) is 12.4. The topological polar surface area (TPSA) is 123 Å². The monoisotopic (exact) mass is 357 g/mol. The molecule has 25 heavy (non-hydrogen) atoms. The van der Waals surface area contributed by atoms with Crippen molar-refractivity contribution < 1.29 is 8.42 Å². The van der Waals surface area contributed by atoms with Gasteiger partial charge in [0.1, 0.15) is 0 Å². The van der Waals surface area contributed by atoms with E-state index in [4.69, 9.17) is 5.14 Å². The molecule has 1 aromatic heterocycles. The summed E-state index contributed by atoms with van der Waals surface area (Å²) < 4.78 is 24.1. The zero-order valence-electron chi connectivity index (χ0n) is 13.2. The van der Waals surface area contributed by atoms with Crippen LogP contribution in [0.25, 0.3) is 5.69 Å². The summed E-state index contributed by atoms with van der Waals surface area (Å²) in [5.74, 6) is 0. The molecule has 0 saturated heterocycles. The van der Waals surface area contributed by atoms with Gasteiger partial charge in [0.25, 0.3) is 5.56 Å². The Morgan fingerprint density at radius 3 is 2.44 bits per heavy atom. The van der Waals surface area contributed by atoms with Gasteiger partial charge in [-0.25, -0.2) is 18.2 Å². The summed E-state index contributed by atoms with van der Waals surface area (Å²) in [6, 6.07) is 14.8. The van der Waals surface area contributed by atoms with Crippen molar-refractivity contribution in [2.24, 2.45) is 15.4 Å². The lowest BCUT2D eigenvalue weighted by atomic mass is 10.3. The van der Waals surface area contributed by atoms with Crippen LogP contribution in [0.2, 0.25) is 0 Å². The van der Waals surface area contributed by atoms with E-state index in [1.165, 1.54) is 22.9 Å². The molecule has 0 amide bonds. The van der Waals surface area contributed by atoms with E-state index in [-0.39, 0.29) is 21.8 Å². The molecule has 128 valence electrons. The molecule has 0 aliphatic heterocycles. The quantitative estimate of drug-likeness (QED) is 0.697. The van der Waals surface area contributed by atoms with Gasteiger partial charge in [-0.2, -0.15) is 5.11 Å². The molecule has 8 nitrogen and oxygen atoms in total. The largest absolute Gasteiger partial charge is 0.299 e. The molecule has 2 aromatic carbocycles. The summed E-state index contributed by atoms with van der Waals surface area (Å²) in [5.41, 5.74) is 1.28. The molecule has 0 aliphatic carbocycles. The summed E-state index contributed by atoms with van der Waals surface area (Å²) in [7, 11) is -3.83. The predicted octanol–water partition coefficient (Wildman–Crippen LogP) is 2.54. The highest BCUT2D eigenvalue weighted by Gasteiger charge is 2.12. The number of primary sulfonamides is 1. The number of H-pyrrole nitrogens is 1. The second-order valence-electron chi connectivity index (χ2n) is 5.30. The van der Waals surface area contributed by atoms with Gasteiger partial charge >= 0.3 is 0 Å². The minimum atomic E-state index is -3.83. The second kappa shape index (κ2) is 6.46. The van der Waals surface area contributed by atoms with E-state index in [2.05, 4.69) is 15.3 Å². The number of aromatic nitrogens is 2. The van der Waals surface area contributed by atoms with E-state index in [0.717, 1.165) is 0 Å². The van der Waals surface area contributed by atoms with Crippen LogP contribution in [-0.2, 0) is 10.0 Å². The van der Waals surface area contributed by atoms with Crippen LogP contribution < -0.4 is 10.7 Å². The Labute approximate surface area is 143 Å². The lowest BCUT2D eigenvalue weighted by molar-refractivity contribution is 0.598. The molecule has 1 heterocycles. The summed E-state index contributed by atoms with van der Waals surface area (Å²) in [6.45, 7) is 1.70. The number of para-hydroxylation sites is 1. The maximum Gasteiger partial charge on any atom is 0.299 e. The molecule has 9 heteroatoms. The Kier molecular flexibility index (Phi) is 4.34. The number of benzene rings is 2. The number of sulfonamides is 1. The fraction of sp³-hybridized carbons (Fsp3) is 0.0625. The number of aromatic amines is 1. The molecule has 0 aliphatic rings. The summed E-state index contributed by atoms with van der Waals surface area (Å²) >= 11 is 0. The third-order valence-corrected chi connectivity index (χ3v) is 4.38. The van der Waals surface area contributed by atoms with Crippen molar-refractivity contribution in [3.63, 3.8) is 0 Å². The molecule has 3 N–H and O–H groups in total. The number of rotatable bonds is 4. The van der Waals surface area contributed by atoms with Crippen LogP contribution in [0.15, 0.2) is 74.5 Å². The van der Waals surface area contributed by atoms with Crippen LogP contribution >= 0.6 is 0 Å². The van der Waals surface area contributed by atoms with Gasteiger partial charge in [-0.3, -0.25) is 9.89 Å². The fourth-order valence-electron chi connectivity index (χ4n) is 2.24. The smallest absolute Gasteiger partial charge is 0.293 e. The van der Waals surface area contributed by atoms with Crippen molar-refractivity contribution in [2.45, 2.75) is 11.8 Å². The molecular formula is C16H15N5O3S. The van der Waals surface area contributed by atoms with Crippen molar-refractivity contribution in [3.8, 4) is 5.69 Å². The van der Waals surface area contributed by atoms with Gasteiger partial charge in [0.15, 0.2) is 5.69 Å². The second-order valence-corrected chi connectivity index (χ2v) is 6.87. The van der Waals surface area contributed by atoms with Crippen LogP contribution in [0, 0.1) is 6.92 Å². The first-order valence-corrected chi connectivity index (χ1v) is 8.82. The van der Waals surface area contributed by atoms with Gasteiger partial charge < -0.3 is 0 Å². The molecular weight excluding hydrogens is 342 g/mol. The fourth-order valence-corrected chi connectivity index (χ4v) is 2.80. The van der Waals surface area contributed by atoms with E-state index in [1.807, 2.05) is 18.2 Å². The number of nitrogens with one attached hydrogen (secondary N) is 1. The molecule has 0 bridgehead atoms. The van der Waals surface area contributed by atoms with Crippen molar-refractivity contribution in [2.75, 3.05) is 0 Å². The molecule has 3 rings (SSSR count). The molecule has 0 unspecified atom stereocenters. The molecule has 0 saturated carbocycles. The summed E-state index contributed by atoms with van der Waals surface area (Å²) in [5, 5.41) is 15.9. The van der Waals surface area contributed by atoms with Crippen molar-refractivity contribution in [1.29, 1.82) is 0 Å². The Morgan fingerprint density at radius 2 is 1.76 bits per heavy atom. The van der Waals surface area contributed by atoms with Crippen LogP contribution in [-0.4, -0.2) is 18.2 Å². The Morgan fingerprint density at radius 1 is 1.04 bits per heavy atom. The van der Waals surface area contributed by atoms with Gasteiger partial charge in [-0.05, 0) is 37.3 Å². The molecule has 0 spiro atoms. The van der Waals surface area contributed by atoms with Gasteiger partial charge in [0.05, 0.1) is 22.0 Å². The minimum Gasteiger partial charge on any atom is -0.293 e. The van der Waals surface area contributed by atoms with Crippen molar-refractivity contribution in [3.05, 3.63) is 70.6 Å². The van der Waals surface area contributed by atoms with Crippen LogP contribution in [0.5, 0.6) is 0 Å². The SMILES string of the molecule is Cc1[nH]n(-c2ccccc2)c(=O)c1N=Nc1cccc(S(N)(=O)=O)c1. The third-order valence-electron chi connectivity index (χ3n) is 3.47. The number of aryl methyl sites for hydroxylation is 1. The Hall–Kier alpha value is -3.04. The highest BCUT2D eigenvalue weighted by atomic mass is 32.2. The van der Waals surface area contributed by atoms with E-state index in [9.17, 15) is 13.2 Å². The average Bonchev–Trinajstić information content (AvgIpc) is 2.88. The lowest BCUT2D eigenvalue weighted by Crippen LogP contribution is -2.13. The van der Waals surface area contributed by atoms with Crippen LogP contribution in [0.4, 0.5) is 11.4 Å². The number of nitrogens with two attached hydrogens (primary N) is 1. The standard InChI is InChI=1S/C16H15N5O3S/c1-11-15(16(22)21(20-11)13-7-3-2-4-8-13)19-18-12-6-5-9-14(10-12)25(17,23)24/h2-10,20H,1H3,(H2,17,23,24). The van der Waals surface area contributed by atoms with E-state index >= 15 is 0 Å². The Bertz CT molecular complexity index is 1100. The van der Waals surface area contributed by atoms with Crippen LogP contribution in [0.1, 0.15) is 5.69 Å². The molecule has 0 fully saturated rings. The highest BCUT2D eigenvalue weighted by molar-refractivity contribution is 7.89. The van der Waals surface area contributed by atoms with Gasteiger partial charge in [0.2, 0.25) is 10.0 Å². The zero-order valence-corrected chi connectivity index (χ0v) is 14.1. The van der Waals surface area contributed by atoms with E-state index in [0.29, 0.717) is 11.4 Å². The average molecular weight is 357 g/mol. The highest BCUT2D eigenvalue weighted by Crippen LogP contribution is 2.21. The van der Waals surface area contributed by atoms with E-state index in [1.54, 1.807) is 25.1 Å². The lowest BCUT2D eigenvalue weighted by Gasteiger charge is -1.99. The minimum absolute atomic E-state index is 0.0727. The summed E-state index contributed by atoms with van der Waals surface area (Å²) in [6.07, 6.45) is 0. The molecule has 3 aromatic rings. The maximum atomic E-state index is 12.5. The number of hydrogen-bond acceptors (Lipinski definition) is 5. The number of azo groups is 1. The molecule has 0 radical (unpaired) electrons. The van der Waals surface area contributed by atoms with E-state index < -0.39 is 10.0 Å². The number of nitrogens with zero attached hydrogens (tertiary/aromatic N) is 3. The van der Waals surface area contributed by atoms with Gasteiger partial charge in [-0.15, -0.1) is 5.11 Å². The normalized spacial score (nSPS) is 11.9.